The predicted octanol–water partition coefficient (Wildman–Crippen LogP) is 3.22. The largest absolute Gasteiger partial charge is 0.523 e. The van der Waals surface area contributed by atoms with Crippen LogP contribution in [0.3, 0.4) is 0 Å². The lowest BCUT2D eigenvalue weighted by Crippen LogP contribution is -2.39. The van der Waals surface area contributed by atoms with E-state index >= 15 is 0 Å². The van der Waals surface area contributed by atoms with Gasteiger partial charge in [-0.05, 0) is 42.4 Å². The second-order valence-electron chi connectivity index (χ2n) is 8.90. The Balaban J connectivity index is 1.55. The van der Waals surface area contributed by atoms with Gasteiger partial charge in [-0.2, -0.15) is 0 Å². The van der Waals surface area contributed by atoms with Crippen molar-refractivity contribution in [2.75, 3.05) is 19.8 Å². The average molecular weight is 467 g/mol. The summed E-state index contributed by atoms with van der Waals surface area (Å²) < 4.78 is 50.0. The summed E-state index contributed by atoms with van der Waals surface area (Å²) in [6, 6.07) is 0.246. The number of aliphatic hydroxyl groups excluding tert-OH is 1. The Morgan fingerprint density at radius 1 is 1.39 bits per heavy atom. The lowest BCUT2D eigenvalue weighted by molar-refractivity contribution is -0.362. The third kappa shape index (κ3) is 5.34. The second-order valence-corrected chi connectivity index (χ2v) is 8.90. The quantitative estimate of drug-likeness (QED) is 0.595. The maximum atomic E-state index is 13.4. The van der Waals surface area contributed by atoms with Crippen LogP contribution in [0, 0.1) is 5.92 Å². The number of aliphatic hydroxyl groups is 1. The molecule has 4 rings (SSSR count). The summed E-state index contributed by atoms with van der Waals surface area (Å²) in [7, 11) is 0. The number of allylic oxidation sites excluding steroid dienone is 1. The number of nitrogens with one attached hydrogen (secondary N) is 1. The number of hydrogen-bond acceptors (Lipinski definition) is 7. The molecular weight excluding hydrogens is 439 g/mol. The van der Waals surface area contributed by atoms with Gasteiger partial charge in [0.25, 0.3) is 0 Å². The van der Waals surface area contributed by atoms with Gasteiger partial charge in [-0.25, -0.2) is 9.97 Å². The Hall–Kier alpha value is -2.14. The van der Waals surface area contributed by atoms with E-state index in [2.05, 4.69) is 20.0 Å². The molecule has 0 amide bonds. The Labute approximate surface area is 190 Å². The standard InChI is InChI=1S/C23H28F3N3O4/c1-14-10-19(31)20-18(14)12-28-21(29-20)22(33-23(24,25)26)6-2-15(3-7-22)16(13-30)11-27-17-4-8-32-9-5-17/h2-3,6,12-14,16-17,19,27,31H,4-5,7-11H2,1H3/t14-,16?,19-,22?/m1/s1. The summed E-state index contributed by atoms with van der Waals surface area (Å²) in [6.07, 6.45) is 2.77. The highest BCUT2D eigenvalue weighted by Crippen LogP contribution is 2.43. The van der Waals surface area contributed by atoms with Crippen molar-refractivity contribution in [1.29, 1.82) is 0 Å². The van der Waals surface area contributed by atoms with Gasteiger partial charge in [0, 0.05) is 38.4 Å². The molecule has 2 heterocycles. The van der Waals surface area contributed by atoms with Crippen molar-refractivity contribution < 1.29 is 32.5 Å². The van der Waals surface area contributed by atoms with E-state index in [-0.39, 0.29) is 24.2 Å². The highest BCUT2D eigenvalue weighted by molar-refractivity contribution is 5.61. The van der Waals surface area contributed by atoms with Crippen molar-refractivity contribution in [2.24, 2.45) is 5.92 Å². The summed E-state index contributed by atoms with van der Waals surface area (Å²) in [4.78, 5) is 20.2. The number of rotatable bonds is 7. The Morgan fingerprint density at radius 3 is 2.79 bits per heavy atom. The van der Waals surface area contributed by atoms with Gasteiger partial charge in [-0.15, -0.1) is 13.2 Å². The van der Waals surface area contributed by atoms with E-state index in [0.717, 1.165) is 24.7 Å². The van der Waals surface area contributed by atoms with E-state index in [1.165, 1.54) is 18.3 Å². The van der Waals surface area contributed by atoms with Crippen molar-refractivity contribution in [3.8, 4) is 0 Å². The number of carbonyl (C=O) groups excluding carboxylic acids is 1. The normalized spacial score (nSPS) is 28.9. The van der Waals surface area contributed by atoms with E-state index in [9.17, 15) is 23.1 Å². The molecule has 4 atom stereocenters. The van der Waals surface area contributed by atoms with Crippen LogP contribution >= 0.6 is 0 Å². The molecule has 2 aliphatic carbocycles. The van der Waals surface area contributed by atoms with Gasteiger partial charge in [0.1, 0.15) is 6.29 Å². The number of aldehydes is 1. The third-order valence-corrected chi connectivity index (χ3v) is 6.57. The molecule has 1 saturated heterocycles. The van der Waals surface area contributed by atoms with Gasteiger partial charge < -0.3 is 20.0 Å². The van der Waals surface area contributed by atoms with Crippen LogP contribution in [0.15, 0.2) is 30.0 Å². The lowest BCUT2D eigenvalue weighted by Gasteiger charge is -2.33. The highest BCUT2D eigenvalue weighted by Gasteiger charge is 2.47. The zero-order valence-corrected chi connectivity index (χ0v) is 18.3. The number of fused-ring (bicyclic) bond motifs is 1. The molecule has 1 aliphatic heterocycles. The fourth-order valence-electron chi connectivity index (χ4n) is 4.67. The number of hydrogen-bond donors (Lipinski definition) is 2. The molecule has 0 bridgehead atoms. The highest BCUT2D eigenvalue weighted by atomic mass is 19.4. The first-order chi connectivity index (χ1) is 15.7. The van der Waals surface area contributed by atoms with Gasteiger partial charge in [-0.3, -0.25) is 4.74 Å². The molecule has 1 fully saturated rings. The Kier molecular flexibility index (Phi) is 6.99. The topological polar surface area (TPSA) is 93.6 Å². The van der Waals surface area contributed by atoms with Crippen LogP contribution in [0.5, 0.6) is 0 Å². The summed E-state index contributed by atoms with van der Waals surface area (Å²) in [5.74, 6) is -0.647. The molecular formula is C23H28F3N3O4. The minimum absolute atomic E-state index is 0.0218. The molecule has 1 aromatic heterocycles. The van der Waals surface area contributed by atoms with Crippen molar-refractivity contribution in [3.05, 3.63) is 47.1 Å². The molecule has 33 heavy (non-hydrogen) atoms. The van der Waals surface area contributed by atoms with E-state index < -0.39 is 24.0 Å². The van der Waals surface area contributed by atoms with Crippen molar-refractivity contribution in [1.82, 2.24) is 15.3 Å². The molecule has 180 valence electrons. The van der Waals surface area contributed by atoms with Gasteiger partial charge >= 0.3 is 6.36 Å². The Bertz CT molecular complexity index is 930. The van der Waals surface area contributed by atoms with E-state index in [1.807, 2.05) is 6.92 Å². The number of alkyl halides is 3. The second kappa shape index (κ2) is 9.61. The van der Waals surface area contributed by atoms with Crippen LogP contribution in [0.1, 0.15) is 61.7 Å². The number of nitrogens with zero attached hydrogens (tertiary/aromatic N) is 2. The first-order valence-corrected chi connectivity index (χ1v) is 11.2. The van der Waals surface area contributed by atoms with Crippen LogP contribution in [-0.2, 0) is 19.9 Å². The monoisotopic (exact) mass is 467 g/mol. The fourth-order valence-corrected chi connectivity index (χ4v) is 4.67. The molecule has 7 nitrogen and oxygen atoms in total. The smallest absolute Gasteiger partial charge is 0.387 e. The molecule has 0 aromatic carbocycles. The molecule has 10 heteroatoms. The number of carbonyl (C=O) groups is 1. The number of ether oxygens (including phenoxy) is 2. The molecule has 0 saturated carbocycles. The first kappa shape index (κ1) is 24.0. The number of aromatic nitrogens is 2. The van der Waals surface area contributed by atoms with E-state index in [1.54, 1.807) is 6.08 Å². The maximum absolute atomic E-state index is 13.4. The molecule has 0 spiro atoms. The van der Waals surface area contributed by atoms with Crippen LogP contribution in [0.4, 0.5) is 13.2 Å². The molecule has 3 aliphatic rings. The minimum atomic E-state index is -4.93. The van der Waals surface area contributed by atoms with Gasteiger partial charge in [0.2, 0.25) is 0 Å². The van der Waals surface area contributed by atoms with Crippen LogP contribution in [0.25, 0.3) is 0 Å². The van der Waals surface area contributed by atoms with Crippen LogP contribution in [0.2, 0.25) is 0 Å². The van der Waals surface area contributed by atoms with Gasteiger partial charge in [0.05, 0.1) is 17.7 Å². The van der Waals surface area contributed by atoms with Gasteiger partial charge in [-0.1, -0.05) is 19.1 Å². The Morgan fingerprint density at radius 2 is 2.15 bits per heavy atom. The third-order valence-electron chi connectivity index (χ3n) is 6.57. The SMILES string of the molecule is C[C@@H]1C[C@@H](O)c2nc(C3(OC(F)(F)F)C=CC(C(C=O)CNC4CCOCC4)=CC3)ncc21. The average Bonchev–Trinajstić information content (AvgIpc) is 3.08. The van der Waals surface area contributed by atoms with Crippen molar-refractivity contribution in [2.45, 2.75) is 62.6 Å². The fraction of sp³-hybridized carbons (Fsp3) is 0.609. The zero-order chi connectivity index (χ0) is 23.6. The molecule has 1 aromatic rings. The first-order valence-electron chi connectivity index (χ1n) is 11.2. The van der Waals surface area contributed by atoms with Crippen molar-refractivity contribution >= 4 is 6.29 Å². The zero-order valence-electron chi connectivity index (χ0n) is 18.3. The summed E-state index contributed by atoms with van der Waals surface area (Å²) in [5.41, 5.74) is -0.290. The minimum Gasteiger partial charge on any atom is -0.387 e. The summed E-state index contributed by atoms with van der Waals surface area (Å²) in [5, 5.41) is 13.6. The summed E-state index contributed by atoms with van der Waals surface area (Å²) in [6.45, 7) is 3.62. The van der Waals surface area contributed by atoms with E-state index in [4.69, 9.17) is 4.74 Å². The van der Waals surface area contributed by atoms with Crippen LogP contribution in [-0.4, -0.2) is 53.5 Å². The molecule has 0 radical (unpaired) electrons. The number of halogens is 3. The van der Waals surface area contributed by atoms with Gasteiger partial charge in [0.15, 0.2) is 11.4 Å². The maximum Gasteiger partial charge on any atom is 0.523 e. The molecule has 2 unspecified atom stereocenters. The molecule has 2 N–H and O–H groups in total. The predicted molar refractivity (Wildman–Crippen MR) is 112 cm³/mol. The lowest BCUT2D eigenvalue weighted by atomic mass is 9.86. The van der Waals surface area contributed by atoms with E-state index in [0.29, 0.717) is 37.4 Å². The van der Waals surface area contributed by atoms with Crippen LogP contribution < -0.4 is 5.32 Å². The summed E-state index contributed by atoms with van der Waals surface area (Å²) >= 11 is 0. The van der Waals surface area contributed by atoms with Crippen molar-refractivity contribution in [3.63, 3.8) is 0 Å².